The normalized spacial score (nSPS) is 10.2. The van der Waals surface area contributed by atoms with Gasteiger partial charge in [0.15, 0.2) is 0 Å². The van der Waals surface area contributed by atoms with Crippen molar-refractivity contribution in [1.82, 2.24) is 0 Å². The van der Waals surface area contributed by atoms with Crippen LogP contribution < -0.4 is 16.8 Å². The Kier molecular flexibility index (Phi) is 2.91. The molecule has 17 heavy (non-hydrogen) atoms. The second-order valence-corrected chi connectivity index (χ2v) is 4.31. The molecule has 0 radical (unpaired) electrons. The molecule has 0 bridgehead atoms. The van der Waals surface area contributed by atoms with Gasteiger partial charge in [-0.25, -0.2) is 0 Å². The van der Waals surface area contributed by atoms with Gasteiger partial charge in [-0.3, -0.25) is 0 Å². The molecule has 0 spiro atoms. The molecule has 0 aliphatic rings. The molecule has 0 aliphatic heterocycles. The number of benzene rings is 2. The largest absolute Gasteiger partial charge is 0.397 e. The lowest BCUT2D eigenvalue weighted by atomic mass is 10.1. The topological polar surface area (TPSA) is 64.1 Å². The highest BCUT2D eigenvalue weighted by Gasteiger charge is 2.03. The highest BCUT2D eigenvalue weighted by molar-refractivity contribution is 5.79. The minimum atomic E-state index is 0.727. The van der Waals surface area contributed by atoms with Gasteiger partial charge in [-0.15, -0.1) is 0 Å². The van der Waals surface area contributed by atoms with Crippen LogP contribution in [0.3, 0.4) is 0 Å². The molecule has 88 valence electrons. The quantitative estimate of drug-likeness (QED) is 0.690. The summed E-state index contributed by atoms with van der Waals surface area (Å²) in [4.78, 5) is 0. The number of aryl methyl sites for hydroxylation is 2. The Labute approximate surface area is 101 Å². The van der Waals surface area contributed by atoms with E-state index in [4.69, 9.17) is 11.5 Å². The van der Waals surface area contributed by atoms with Crippen molar-refractivity contribution in [2.45, 2.75) is 13.8 Å². The monoisotopic (exact) mass is 227 g/mol. The number of nitrogen functional groups attached to an aromatic ring is 2. The van der Waals surface area contributed by atoms with E-state index in [1.54, 1.807) is 0 Å². The van der Waals surface area contributed by atoms with Crippen molar-refractivity contribution in [3.05, 3.63) is 47.5 Å². The molecule has 0 aromatic heterocycles. The van der Waals surface area contributed by atoms with Crippen LogP contribution in [-0.4, -0.2) is 0 Å². The lowest BCUT2D eigenvalue weighted by molar-refractivity contribution is 1.43. The van der Waals surface area contributed by atoms with E-state index >= 15 is 0 Å². The maximum absolute atomic E-state index is 5.95. The molecule has 3 nitrogen and oxygen atoms in total. The van der Waals surface area contributed by atoms with Crippen molar-refractivity contribution >= 4 is 22.7 Å². The molecule has 0 aliphatic carbocycles. The zero-order valence-corrected chi connectivity index (χ0v) is 10.1. The molecule has 0 heterocycles. The fraction of sp³-hybridized carbons (Fsp3) is 0.143. The molecule has 5 N–H and O–H groups in total. The van der Waals surface area contributed by atoms with Crippen LogP contribution in [0.25, 0.3) is 0 Å². The average molecular weight is 227 g/mol. The number of rotatable bonds is 2. The van der Waals surface area contributed by atoms with Gasteiger partial charge in [-0.1, -0.05) is 12.1 Å². The molecule has 2 aromatic rings. The SMILES string of the molecule is Cc1ccc(Nc2ccc(C)cc2N)c(N)c1. The maximum Gasteiger partial charge on any atom is 0.0618 e. The van der Waals surface area contributed by atoms with Gasteiger partial charge in [0.05, 0.1) is 22.7 Å². The third-order valence-electron chi connectivity index (χ3n) is 2.68. The number of nitrogens with one attached hydrogen (secondary N) is 1. The fourth-order valence-electron chi connectivity index (χ4n) is 1.74. The van der Waals surface area contributed by atoms with Crippen molar-refractivity contribution in [2.24, 2.45) is 0 Å². The third-order valence-corrected chi connectivity index (χ3v) is 2.68. The fourth-order valence-corrected chi connectivity index (χ4v) is 1.74. The van der Waals surface area contributed by atoms with Crippen LogP contribution in [0.1, 0.15) is 11.1 Å². The van der Waals surface area contributed by atoms with E-state index in [2.05, 4.69) is 5.32 Å². The summed E-state index contributed by atoms with van der Waals surface area (Å²) in [7, 11) is 0. The lowest BCUT2D eigenvalue weighted by Gasteiger charge is -2.12. The average Bonchev–Trinajstić information content (AvgIpc) is 2.25. The minimum Gasteiger partial charge on any atom is -0.397 e. The molecule has 0 atom stereocenters. The zero-order chi connectivity index (χ0) is 12.4. The van der Waals surface area contributed by atoms with Crippen molar-refractivity contribution < 1.29 is 0 Å². The van der Waals surface area contributed by atoms with Gasteiger partial charge in [0, 0.05) is 0 Å². The highest BCUT2D eigenvalue weighted by Crippen LogP contribution is 2.27. The first-order valence-corrected chi connectivity index (χ1v) is 5.55. The van der Waals surface area contributed by atoms with E-state index in [9.17, 15) is 0 Å². The first-order chi connectivity index (χ1) is 8.06. The summed E-state index contributed by atoms with van der Waals surface area (Å²) in [6.07, 6.45) is 0. The van der Waals surface area contributed by atoms with Crippen LogP contribution in [0.15, 0.2) is 36.4 Å². The van der Waals surface area contributed by atoms with Crippen LogP contribution >= 0.6 is 0 Å². The Morgan fingerprint density at radius 1 is 0.765 bits per heavy atom. The number of hydrogen-bond donors (Lipinski definition) is 3. The molecular weight excluding hydrogens is 210 g/mol. The number of hydrogen-bond acceptors (Lipinski definition) is 3. The van der Waals surface area contributed by atoms with Crippen LogP contribution in [0.4, 0.5) is 22.7 Å². The van der Waals surface area contributed by atoms with Crippen LogP contribution in [0.5, 0.6) is 0 Å². The molecule has 0 saturated carbocycles. The molecule has 0 unspecified atom stereocenters. The van der Waals surface area contributed by atoms with E-state index in [0.29, 0.717) is 0 Å². The Morgan fingerprint density at radius 2 is 1.18 bits per heavy atom. The predicted octanol–water partition coefficient (Wildman–Crippen LogP) is 3.21. The Hall–Kier alpha value is -2.16. The van der Waals surface area contributed by atoms with Gasteiger partial charge in [-0.2, -0.15) is 0 Å². The summed E-state index contributed by atoms with van der Waals surface area (Å²) in [6, 6.07) is 11.8. The first-order valence-electron chi connectivity index (χ1n) is 5.55. The Morgan fingerprint density at radius 3 is 1.53 bits per heavy atom. The summed E-state index contributed by atoms with van der Waals surface area (Å²) in [5.74, 6) is 0. The van der Waals surface area contributed by atoms with Gasteiger partial charge in [0.1, 0.15) is 0 Å². The molecule has 3 heteroatoms. The lowest BCUT2D eigenvalue weighted by Crippen LogP contribution is -2.00. The van der Waals surface area contributed by atoms with E-state index in [1.807, 2.05) is 50.2 Å². The minimum absolute atomic E-state index is 0.727. The van der Waals surface area contributed by atoms with Gasteiger partial charge < -0.3 is 16.8 Å². The number of anilines is 4. The van der Waals surface area contributed by atoms with Gasteiger partial charge >= 0.3 is 0 Å². The van der Waals surface area contributed by atoms with Crippen molar-refractivity contribution in [1.29, 1.82) is 0 Å². The van der Waals surface area contributed by atoms with Crippen LogP contribution in [-0.2, 0) is 0 Å². The highest BCUT2D eigenvalue weighted by atomic mass is 14.9. The zero-order valence-electron chi connectivity index (χ0n) is 10.1. The van der Waals surface area contributed by atoms with Gasteiger partial charge in [0.2, 0.25) is 0 Å². The summed E-state index contributed by atoms with van der Waals surface area (Å²) in [6.45, 7) is 4.03. The molecular formula is C14H17N3. The maximum atomic E-state index is 5.95. The summed E-state index contributed by atoms with van der Waals surface area (Å²) in [5.41, 5.74) is 17.4. The first kappa shape index (κ1) is 11.3. The molecule has 0 saturated heterocycles. The molecule has 2 aromatic carbocycles. The van der Waals surface area contributed by atoms with Crippen molar-refractivity contribution in [3.8, 4) is 0 Å². The smallest absolute Gasteiger partial charge is 0.0618 e. The van der Waals surface area contributed by atoms with E-state index in [-0.39, 0.29) is 0 Å². The third kappa shape index (κ3) is 2.50. The van der Waals surface area contributed by atoms with Crippen LogP contribution in [0, 0.1) is 13.8 Å². The summed E-state index contributed by atoms with van der Waals surface area (Å²) in [5, 5.41) is 3.24. The van der Waals surface area contributed by atoms with Crippen LogP contribution in [0.2, 0.25) is 0 Å². The summed E-state index contributed by atoms with van der Waals surface area (Å²) >= 11 is 0. The molecule has 2 rings (SSSR count). The predicted molar refractivity (Wildman–Crippen MR) is 74.5 cm³/mol. The Balaban J connectivity index is 2.31. The summed E-state index contributed by atoms with van der Waals surface area (Å²) < 4.78 is 0. The van der Waals surface area contributed by atoms with Gasteiger partial charge in [0.25, 0.3) is 0 Å². The van der Waals surface area contributed by atoms with Gasteiger partial charge in [-0.05, 0) is 49.2 Å². The van der Waals surface area contributed by atoms with E-state index < -0.39 is 0 Å². The number of nitrogens with two attached hydrogens (primary N) is 2. The van der Waals surface area contributed by atoms with Crippen molar-refractivity contribution in [3.63, 3.8) is 0 Å². The molecule has 0 fully saturated rings. The van der Waals surface area contributed by atoms with E-state index in [1.165, 1.54) is 0 Å². The second-order valence-electron chi connectivity index (χ2n) is 4.31. The Bertz CT molecular complexity index is 498. The van der Waals surface area contributed by atoms with E-state index in [0.717, 1.165) is 33.9 Å². The van der Waals surface area contributed by atoms with Crippen molar-refractivity contribution in [2.75, 3.05) is 16.8 Å². The molecule has 0 amide bonds. The second kappa shape index (κ2) is 4.37. The standard InChI is InChI=1S/C14H17N3/c1-9-3-5-13(11(15)7-9)17-14-6-4-10(2)8-12(14)16/h3-8,17H,15-16H2,1-2H3.